The first kappa shape index (κ1) is 21.2. The molecule has 0 saturated heterocycles. The molecule has 0 spiro atoms. The smallest absolute Gasteiger partial charge is 0.262 e. The largest absolute Gasteiger partial charge is 0.352 e. The van der Waals surface area contributed by atoms with Crippen LogP contribution >= 0.6 is 35.0 Å². The lowest BCUT2D eigenvalue weighted by Crippen LogP contribution is -2.33. The molecular weight excluding hydrogens is 441 g/mol. The van der Waals surface area contributed by atoms with Crippen LogP contribution in [0.15, 0.2) is 52.4 Å². The van der Waals surface area contributed by atoms with E-state index in [-0.39, 0.29) is 16.7 Å². The summed E-state index contributed by atoms with van der Waals surface area (Å²) in [7, 11) is 0. The van der Waals surface area contributed by atoms with E-state index in [0.29, 0.717) is 45.1 Å². The van der Waals surface area contributed by atoms with Crippen molar-refractivity contribution < 1.29 is 4.79 Å². The number of nitrogens with one attached hydrogen (secondary N) is 1. The monoisotopic (exact) mass is 461 g/mol. The van der Waals surface area contributed by atoms with Crippen molar-refractivity contribution >= 4 is 51.8 Å². The number of amides is 1. The highest BCUT2D eigenvalue weighted by molar-refractivity contribution is 8.00. The van der Waals surface area contributed by atoms with E-state index in [2.05, 4.69) is 5.32 Å². The van der Waals surface area contributed by atoms with Gasteiger partial charge in [0.25, 0.3) is 5.56 Å². The number of hydrogen-bond acceptors (Lipinski definition) is 4. The first-order valence-electron chi connectivity index (χ1n) is 9.83. The maximum absolute atomic E-state index is 13.2. The zero-order valence-electron chi connectivity index (χ0n) is 16.4. The van der Waals surface area contributed by atoms with E-state index in [4.69, 9.17) is 28.2 Å². The quantitative estimate of drug-likeness (QED) is 0.408. The molecule has 30 heavy (non-hydrogen) atoms. The Labute approximate surface area is 188 Å². The molecule has 1 amide bonds. The summed E-state index contributed by atoms with van der Waals surface area (Å²) in [4.78, 5) is 30.3. The summed E-state index contributed by atoms with van der Waals surface area (Å²) in [5.74, 6) is -0.0304. The molecule has 8 heteroatoms. The average molecular weight is 462 g/mol. The predicted molar refractivity (Wildman–Crippen MR) is 123 cm³/mol. The summed E-state index contributed by atoms with van der Waals surface area (Å²) in [5.41, 5.74) is 1.40. The summed E-state index contributed by atoms with van der Waals surface area (Å²) < 4.78 is 1.64. The lowest BCUT2D eigenvalue weighted by atomic mass is 10.1. The molecule has 1 unspecified atom stereocenters. The van der Waals surface area contributed by atoms with Gasteiger partial charge in [0.05, 0.1) is 16.2 Å². The highest BCUT2D eigenvalue weighted by Gasteiger charge is 2.27. The SMILES string of the molecule is CC(Sc1nc2ccccc2c(=O)n1CCc1ccc(Cl)cc1Cl)C(=O)NC1CC1. The maximum Gasteiger partial charge on any atom is 0.262 e. The molecule has 2 aromatic carbocycles. The van der Waals surface area contributed by atoms with Gasteiger partial charge in [-0.15, -0.1) is 0 Å². The Bertz CT molecular complexity index is 1160. The first-order valence-corrected chi connectivity index (χ1v) is 11.5. The van der Waals surface area contributed by atoms with E-state index in [1.807, 2.05) is 31.2 Å². The van der Waals surface area contributed by atoms with Gasteiger partial charge in [-0.25, -0.2) is 4.98 Å². The second-order valence-electron chi connectivity index (χ2n) is 7.40. The fourth-order valence-electron chi connectivity index (χ4n) is 3.15. The number of rotatable bonds is 7. The van der Waals surface area contributed by atoms with E-state index < -0.39 is 0 Å². The van der Waals surface area contributed by atoms with Gasteiger partial charge in [-0.2, -0.15) is 0 Å². The Morgan fingerprint density at radius 2 is 2.03 bits per heavy atom. The number of aromatic nitrogens is 2. The summed E-state index contributed by atoms with van der Waals surface area (Å²) in [5, 5.41) is 4.87. The standard InChI is InChI=1S/C22H21Cl2N3O2S/c1-13(20(28)25-16-8-9-16)30-22-26-19-5-3-2-4-17(19)21(29)27(22)11-10-14-6-7-15(23)12-18(14)24/h2-7,12-13,16H,8-11H2,1H3,(H,25,28). The van der Waals surface area contributed by atoms with Crippen LogP contribution in [0.25, 0.3) is 10.9 Å². The maximum atomic E-state index is 13.2. The molecule has 1 heterocycles. The minimum Gasteiger partial charge on any atom is -0.352 e. The molecule has 156 valence electrons. The van der Waals surface area contributed by atoms with Gasteiger partial charge in [-0.3, -0.25) is 14.2 Å². The Hall–Kier alpha value is -2.02. The molecule has 1 aliphatic carbocycles. The van der Waals surface area contributed by atoms with Crippen molar-refractivity contribution in [2.24, 2.45) is 0 Å². The van der Waals surface area contributed by atoms with E-state index >= 15 is 0 Å². The van der Waals surface area contributed by atoms with Crippen LogP contribution in [0.3, 0.4) is 0 Å². The van der Waals surface area contributed by atoms with Gasteiger partial charge < -0.3 is 5.32 Å². The third-order valence-corrected chi connectivity index (χ3v) is 6.70. The molecular formula is C22H21Cl2N3O2S. The van der Waals surface area contributed by atoms with Crippen LogP contribution in [0.5, 0.6) is 0 Å². The number of thioether (sulfide) groups is 1. The van der Waals surface area contributed by atoms with E-state index in [1.165, 1.54) is 11.8 Å². The number of para-hydroxylation sites is 1. The van der Waals surface area contributed by atoms with E-state index in [9.17, 15) is 9.59 Å². The molecule has 1 aliphatic rings. The number of carbonyl (C=O) groups is 1. The number of aryl methyl sites for hydroxylation is 1. The summed E-state index contributed by atoms with van der Waals surface area (Å²) in [6.07, 6.45) is 2.61. The normalized spacial score (nSPS) is 14.6. The number of hydrogen-bond donors (Lipinski definition) is 1. The summed E-state index contributed by atoms with van der Waals surface area (Å²) in [6.45, 7) is 2.24. The van der Waals surface area contributed by atoms with Crippen molar-refractivity contribution in [3.63, 3.8) is 0 Å². The molecule has 0 bridgehead atoms. The van der Waals surface area contributed by atoms with Crippen LogP contribution in [0.1, 0.15) is 25.3 Å². The number of nitrogens with zero attached hydrogens (tertiary/aromatic N) is 2. The Morgan fingerprint density at radius 3 is 2.77 bits per heavy atom. The van der Waals surface area contributed by atoms with Gasteiger partial charge in [0, 0.05) is 22.6 Å². The third kappa shape index (κ3) is 4.82. The van der Waals surface area contributed by atoms with Crippen molar-refractivity contribution in [1.29, 1.82) is 0 Å². The Kier molecular flexibility index (Phi) is 6.37. The molecule has 1 aromatic heterocycles. The van der Waals surface area contributed by atoms with Gasteiger partial charge in [-0.1, -0.05) is 53.2 Å². The summed E-state index contributed by atoms with van der Waals surface area (Å²) >= 11 is 13.6. The van der Waals surface area contributed by atoms with Gasteiger partial charge >= 0.3 is 0 Å². The molecule has 1 N–H and O–H groups in total. The van der Waals surface area contributed by atoms with Crippen LogP contribution < -0.4 is 10.9 Å². The van der Waals surface area contributed by atoms with Crippen LogP contribution in [0.4, 0.5) is 0 Å². The second kappa shape index (κ2) is 9.00. The van der Waals surface area contributed by atoms with Crippen LogP contribution in [0, 0.1) is 0 Å². The van der Waals surface area contributed by atoms with Crippen molar-refractivity contribution in [2.45, 2.75) is 49.2 Å². The zero-order valence-corrected chi connectivity index (χ0v) is 18.7. The second-order valence-corrected chi connectivity index (χ2v) is 9.55. The minimum atomic E-state index is -0.357. The fourth-order valence-corrected chi connectivity index (χ4v) is 4.60. The number of halogens is 2. The molecule has 0 aliphatic heterocycles. The van der Waals surface area contributed by atoms with Crippen LogP contribution in [0.2, 0.25) is 10.0 Å². The van der Waals surface area contributed by atoms with Crippen molar-refractivity contribution in [3.8, 4) is 0 Å². The molecule has 1 fully saturated rings. The van der Waals surface area contributed by atoms with Gasteiger partial charge in [0.15, 0.2) is 5.16 Å². The van der Waals surface area contributed by atoms with Crippen molar-refractivity contribution in [3.05, 3.63) is 68.4 Å². The van der Waals surface area contributed by atoms with Gasteiger partial charge in [-0.05, 0) is 56.0 Å². The lowest BCUT2D eigenvalue weighted by molar-refractivity contribution is -0.120. The molecule has 4 rings (SSSR count). The zero-order chi connectivity index (χ0) is 21.3. The topological polar surface area (TPSA) is 64.0 Å². The van der Waals surface area contributed by atoms with Crippen molar-refractivity contribution in [2.75, 3.05) is 0 Å². The molecule has 1 saturated carbocycles. The third-order valence-electron chi connectivity index (χ3n) is 5.02. The van der Waals surface area contributed by atoms with Crippen LogP contribution in [-0.4, -0.2) is 26.8 Å². The molecule has 3 aromatic rings. The van der Waals surface area contributed by atoms with Crippen LogP contribution in [-0.2, 0) is 17.8 Å². The predicted octanol–water partition coefficient (Wildman–Crippen LogP) is 4.71. The molecule has 1 atom stereocenters. The number of benzene rings is 2. The van der Waals surface area contributed by atoms with E-state index in [1.54, 1.807) is 22.8 Å². The Balaban J connectivity index is 1.64. The highest BCUT2D eigenvalue weighted by Crippen LogP contribution is 2.26. The summed E-state index contributed by atoms with van der Waals surface area (Å²) in [6, 6.07) is 12.9. The number of carbonyl (C=O) groups excluding carboxylic acids is 1. The van der Waals surface area contributed by atoms with Gasteiger partial charge in [0.2, 0.25) is 5.91 Å². The minimum absolute atomic E-state index is 0.0304. The highest BCUT2D eigenvalue weighted by atomic mass is 35.5. The van der Waals surface area contributed by atoms with Crippen molar-refractivity contribution in [1.82, 2.24) is 14.9 Å². The average Bonchev–Trinajstić information content (AvgIpc) is 3.53. The van der Waals surface area contributed by atoms with Gasteiger partial charge in [0.1, 0.15) is 0 Å². The van der Waals surface area contributed by atoms with E-state index in [0.717, 1.165) is 18.4 Å². The first-order chi connectivity index (χ1) is 14.4. The molecule has 5 nitrogen and oxygen atoms in total. The molecule has 0 radical (unpaired) electrons. The fraction of sp³-hybridized carbons (Fsp3) is 0.318. The Morgan fingerprint density at radius 1 is 1.27 bits per heavy atom. The number of fused-ring (bicyclic) bond motifs is 1. The lowest BCUT2D eigenvalue weighted by Gasteiger charge is -2.16.